The van der Waals surface area contributed by atoms with Gasteiger partial charge in [-0.1, -0.05) is 20.3 Å². The van der Waals surface area contributed by atoms with Crippen LogP contribution in [0.25, 0.3) is 0 Å². The van der Waals surface area contributed by atoms with Gasteiger partial charge in [-0.2, -0.15) is 5.26 Å². The number of nitrogens with zero attached hydrogens (tertiary/aromatic N) is 2. The molecule has 0 unspecified atom stereocenters. The Hall–Kier alpha value is -0.550. The van der Waals surface area contributed by atoms with Crippen molar-refractivity contribution < 1.29 is 0 Å². The van der Waals surface area contributed by atoms with Gasteiger partial charge in [0.05, 0.1) is 6.07 Å². The quantitative estimate of drug-likeness (QED) is 0.727. The van der Waals surface area contributed by atoms with Gasteiger partial charge in [0.15, 0.2) is 0 Å². The maximum absolute atomic E-state index is 8.82. The minimum atomic E-state index is 0.398. The van der Waals surface area contributed by atoms with Crippen LogP contribution in [0.4, 0.5) is 0 Å². The highest BCUT2D eigenvalue weighted by molar-refractivity contribution is 5.01. The van der Waals surface area contributed by atoms with E-state index in [4.69, 9.17) is 5.26 Å². The Kier molecular flexibility index (Phi) is 3.26. The average molecular weight is 220 g/mol. The van der Waals surface area contributed by atoms with E-state index in [1.165, 1.54) is 51.7 Å². The number of hydrogen-bond acceptors (Lipinski definition) is 2. The molecule has 0 aromatic rings. The summed E-state index contributed by atoms with van der Waals surface area (Å²) >= 11 is 0. The second kappa shape index (κ2) is 4.37. The summed E-state index contributed by atoms with van der Waals surface area (Å²) in [6, 6.07) is 2.36. The van der Waals surface area contributed by atoms with Crippen molar-refractivity contribution in [3.05, 3.63) is 0 Å². The van der Waals surface area contributed by atoms with E-state index in [1.54, 1.807) is 0 Å². The first-order valence-electron chi connectivity index (χ1n) is 6.71. The standard InChI is InChI=1S/C14H24N2/c1-3-13(2)7-10-16(11-8-13)12-14(4-5-14)6-9-15/h3-8,10-12H2,1-2H3. The Bertz CT molecular complexity index is 278. The molecule has 2 aliphatic rings. The molecule has 2 heteroatoms. The normalized spacial score (nSPS) is 27.3. The summed E-state index contributed by atoms with van der Waals surface area (Å²) in [6.45, 7) is 8.41. The molecule has 0 spiro atoms. The predicted molar refractivity (Wildman–Crippen MR) is 66.0 cm³/mol. The molecule has 0 bridgehead atoms. The fourth-order valence-electron chi connectivity index (χ4n) is 2.81. The van der Waals surface area contributed by atoms with Crippen LogP contribution in [0.1, 0.15) is 52.4 Å². The van der Waals surface area contributed by atoms with E-state index in [0.29, 0.717) is 10.8 Å². The first-order chi connectivity index (χ1) is 7.61. The van der Waals surface area contributed by atoms with Crippen molar-refractivity contribution in [1.82, 2.24) is 4.90 Å². The molecular formula is C14H24N2. The Morgan fingerprint density at radius 1 is 1.19 bits per heavy atom. The number of rotatable bonds is 4. The molecule has 0 N–H and O–H groups in total. The molecule has 2 fully saturated rings. The molecule has 2 nitrogen and oxygen atoms in total. The van der Waals surface area contributed by atoms with Crippen molar-refractivity contribution in [1.29, 1.82) is 5.26 Å². The van der Waals surface area contributed by atoms with Crippen LogP contribution >= 0.6 is 0 Å². The van der Waals surface area contributed by atoms with Gasteiger partial charge in [-0.15, -0.1) is 0 Å². The van der Waals surface area contributed by atoms with Gasteiger partial charge in [-0.25, -0.2) is 0 Å². The summed E-state index contributed by atoms with van der Waals surface area (Å²) in [6.07, 6.45) is 7.32. The van der Waals surface area contributed by atoms with Crippen LogP contribution < -0.4 is 0 Å². The smallest absolute Gasteiger partial charge is 0.0628 e. The number of hydrogen-bond donors (Lipinski definition) is 0. The van der Waals surface area contributed by atoms with Gasteiger partial charge in [0.2, 0.25) is 0 Å². The first kappa shape index (κ1) is 11.9. The van der Waals surface area contributed by atoms with E-state index in [9.17, 15) is 0 Å². The summed E-state index contributed by atoms with van der Waals surface area (Å²) in [5.74, 6) is 0. The van der Waals surface area contributed by atoms with Crippen molar-refractivity contribution in [2.75, 3.05) is 19.6 Å². The minimum absolute atomic E-state index is 0.398. The highest BCUT2D eigenvalue weighted by Gasteiger charge is 2.44. The van der Waals surface area contributed by atoms with Gasteiger partial charge in [-0.3, -0.25) is 0 Å². The molecule has 90 valence electrons. The maximum Gasteiger partial charge on any atom is 0.0628 e. The van der Waals surface area contributed by atoms with Gasteiger partial charge >= 0.3 is 0 Å². The van der Waals surface area contributed by atoms with Gasteiger partial charge in [0.25, 0.3) is 0 Å². The van der Waals surface area contributed by atoms with Gasteiger partial charge in [0.1, 0.15) is 0 Å². The topological polar surface area (TPSA) is 27.0 Å². The number of piperidine rings is 1. The molecule has 2 rings (SSSR count). The lowest BCUT2D eigenvalue weighted by atomic mass is 9.78. The van der Waals surface area contributed by atoms with Crippen molar-refractivity contribution in [2.45, 2.75) is 52.4 Å². The molecule has 0 aromatic heterocycles. The largest absolute Gasteiger partial charge is 0.303 e. The zero-order chi connectivity index (χ0) is 11.6. The third kappa shape index (κ3) is 2.58. The average Bonchev–Trinajstić information content (AvgIpc) is 3.03. The minimum Gasteiger partial charge on any atom is -0.303 e. The van der Waals surface area contributed by atoms with Crippen LogP contribution in [-0.4, -0.2) is 24.5 Å². The highest BCUT2D eigenvalue weighted by atomic mass is 15.1. The summed E-state index contributed by atoms with van der Waals surface area (Å²) in [5.41, 5.74) is 0.983. The molecule has 0 atom stereocenters. The Morgan fingerprint density at radius 2 is 1.81 bits per heavy atom. The van der Waals surface area contributed by atoms with Gasteiger partial charge < -0.3 is 4.90 Å². The van der Waals surface area contributed by atoms with E-state index >= 15 is 0 Å². The Morgan fingerprint density at radius 3 is 2.25 bits per heavy atom. The third-order valence-electron chi connectivity index (χ3n) is 4.89. The molecule has 16 heavy (non-hydrogen) atoms. The van der Waals surface area contributed by atoms with E-state index in [1.807, 2.05) is 0 Å². The summed E-state index contributed by atoms with van der Waals surface area (Å²) in [7, 11) is 0. The van der Waals surface area contributed by atoms with Crippen molar-refractivity contribution in [3.63, 3.8) is 0 Å². The number of nitriles is 1. The zero-order valence-electron chi connectivity index (χ0n) is 10.8. The van der Waals surface area contributed by atoms with Crippen LogP contribution in [0.15, 0.2) is 0 Å². The van der Waals surface area contributed by atoms with Crippen molar-refractivity contribution in [3.8, 4) is 6.07 Å². The van der Waals surface area contributed by atoms with E-state index in [0.717, 1.165) is 6.42 Å². The molecule has 0 amide bonds. The predicted octanol–water partition coefficient (Wildman–Crippen LogP) is 3.19. The second-order valence-electron chi connectivity index (χ2n) is 6.28. The molecule has 1 saturated heterocycles. The highest BCUT2D eigenvalue weighted by Crippen LogP contribution is 2.49. The summed E-state index contributed by atoms with van der Waals surface area (Å²) in [5, 5.41) is 8.82. The monoisotopic (exact) mass is 220 g/mol. The Balaban J connectivity index is 1.80. The fraction of sp³-hybridized carbons (Fsp3) is 0.929. The molecule has 1 heterocycles. The molecule has 1 saturated carbocycles. The maximum atomic E-state index is 8.82. The fourth-order valence-corrected chi connectivity index (χ4v) is 2.81. The lowest BCUT2D eigenvalue weighted by molar-refractivity contribution is 0.0977. The van der Waals surface area contributed by atoms with Gasteiger partial charge in [0, 0.05) is 13.0 Å². The van der Waals surface area contributed by atoms with E-state index < -0.39 is 0 Å². The van der Waals surface area contributed by atoms with Crippen LogP contribution in [-0.2, 0) is 0 Å². The zero-order valence-corrected chi connectivity index (χ0v) is 10.8. The SMILES string of the molecule is CCC1(C)CCN(CC2(CC#N)CC2)CC1. The molecule has 0 aromatic carbocycles. The van der Waals surface area contributed by atoms with Crippen LogP contribution in [0.3, 0.4) is 0 Å². The van der Waals surface area contributed by atoms with E-state index in [2.05, 4.69) is 24.8 Å². The lowest BCUT2D eigenvalue weighted by Gasteiger charge is -2.40. The summed E-state index contributed by atoms with van der Waals surface area (Å²) < 4.78 is 0. The Labute approximate surface area is 99.6 Å². The molecule has 1 aliphatic carbocycles. The van der Waals surface area contributed by atoms with Crippen LogP contribution in [0, 0.1) is 22.2 Å². The molecule has 0 radical (unpaired) electrons. The van der Waals surface area contributed by atoms with Crippen molar-refractivity contribution in [2.24, 2.45) is 10.8 Å². The summed E-state index contributed by atoms with van der Waals surface area (Å²) in [4.78, 5) is 2.60. The van der Waals surface area contributed by atoms with E-state index in [-0.39, 0.29) is 0 Å². The lowest BCUT2D eigenvalue weighted by Crippen LogP contribution is -2.41. The first-order valence-corrected chi connectivity index (χ1v) is 6.71. The third-order valence-corrected chi connectivity index (χ3v) is 4.89. The van der Waals surface area contributed by atoms with Crippen LogP contribution in [0.2, 0.25) is 0 Å². The second-order valence-corrected chi connectivity index (χ2v) is 6.28. The number of likely N-dealkylation sites (tertiary alicyclic amines) is 1. The van der Waals surface area contributed by atoms with Gasteiger partial charge in [-0.05, 0) is 49.6 Å². The van der Waals surface area contributed by atoms with Crippen LogP contribution in [0.5, 0.6) is 0 Å². The molecular weight excluding hydrogens is 196 g/mol. The molecule has 1 aliphatic heterocycles. The van der Waals surface area contributed by atoms with Crippen molar-refractivity contribution >= 4 is 0 Å².